The first kappa shape index (κ1) is 14.8. The largest absolute Gasteiger partial charge is 0.476 e. The Morgan fingerprint density at radius 3 is 2.30 bits per heavy atom. The smallest absolute Gasteiger partial charge is 0.474 e. The average molecular weight is 309 g/mol. The van der Waals surface area contributed by atoms with Gasteiger partial charge in [0.05, 0.1) is 4.74 Å². The van der Waals surface area contributed by atoms with Crippen LogP contribution in [-0.4, -0.2) is 36.1 Å². The second-order valence-corrected chi connectivity index (χ2v) is 5.38. The molecule has 3 rings (SSSR count). The van der Waals surface area contributed by atoms with Gasteiger partial charge in [0, 0.05) is 25.3 Å². The zero-order valence-corrected chi connectivity index (χ0v) is 12.9. The lowest BCUT2D eigenvalue weighted by Crippen LogP contribution is -2.16. The monoisotopic (exact) mass is 309 g/mol. The van der Waals surface area contributed by atoms with Crippen molar-refractivity contribution in [2.75, 3.05) is 19.0 Å². The fourth-order valence-corrected chi connectivity index (χ4v) is 2.31. The molecule has 2 aromatic rings. The maximum absolute atomic E-state index is 12.4. The summed E-state index contributed by atoms with van der Waals surface area (Å²) in [4.78, 5) is 19.6. The molecule has 1 aliphatic heterocycles. The van der Waals surface area contributed by atoms with Crippen molar-refractivity contribution in [3.8, 4) is 0 Å². The summed E-state index contributed by atoms with van der Waals surface area (Å²) >= 11 is 0. The minimum atomic E-state index is -0.398. The molecule has 116 valence electrons. The predicted octanol–water partition coefficient (Wildman–Crippen LogP) is 2.58. The zero-order valence-electron chi connectivity index (χ0n) is 12.9. The van der Waals surface area contributed by atoms with Crippen LogP contribution in [0.5, 0.6) is 0 Å². The Hall–Kier alpha value is -3.08. The molecule has 0 bridgehead atoms. The van der Waals surface area contributed by atoms with Gasteiger partial charge in [0.1, 0.15) is 0 Å². The van der Waals surface area contributed by atoms with Gasteiger partial charge < -0.3 is 10.0 Å². The molecule has 0 fully saturated rings. The number of aliphatic hydroxyl groups is 1. The Bertz CT molecular complexity index is 791. The summed E-state index contributed by atoms with van der Waals surface area (Å²) < 4.78 is 1.04. The van der Waals surface area contributed by atoms with Crippen LogP contribution < -0.4 is 4.90 Å². The third-order valence-electron chi connectivity index (χ3n) is 3.55. The Morgan fingerprint density at radius 2 is 1.70 bits per heavy atom. The van der Waals surface area contributed by atoms with Crippen molar-refractivity contribution in [3.05, 3.63) is 71.7 Å². The van der Waals surface area contributed by atoms with Crippen LogP contribution in [0.15, 0.2) is 60.5 Å². The lowest BCUT2D eigenvalue weighted by Gasteiger charge is -2.11. The number of anilines is 1. The summed E-state index contributed by atoms with van der Waals surface area (Å²) in [5.74, 6) is -0.784. The fourth-order valence-electron chi connectivity index (χ4n) is 2.31. The SMILES string of the molecule is CN(C)c1ccc(C=[N+]2OC(O)=C(c3ccccc3)C2=O)cc1. The first-order chi connectivity index (χ1) is 11.1. The van der Waals surface area contributed by atoms with Gasteiger partial charge >= 0.3 is 11.9 Å². The van der Waals surface area contributed by atoms with Crippen LogP contribution >= 0.6 is 0 Å². The second kappa shape index (κ2) is 5.96. The number of carbonyl (C=O) groups excluding carboxylic acids is 1. The Kier molecular flexibility index (Phi) is 3.85. The van der Waals surface area contributed by atoms with E-state index >= 15 is 0 Å². The van der Waals surface area contributed by atoms with E-state index in [2.05, 4.69) is 0 Å². The Morgan fingerprint density at radius 1 is 1.04 bits per heavy atom. The molecule has 1 amide bonds. The molecule has 0 unspecified atom stereocenters. The highest BCUT2D eigenvalue weighted by Crippen LogP contribution is 2.25. The number of amides is 1. The summed E-state index contributed by atoms with van der Waals surface area (Å²) in [5.41, 5.74) is 2.63. The van der Waals surface area contributed by atoms with Crippen molar-refractivity contribution >= 4 is 23.4 Å². The summed E-state index contributed by atoms with van der Waals surface area (Å²) in [6, 6.07) is 16.6. The van der Waals surface area contributed by atoms with Crippen molar-refractivity contribution in [2.45, 2.75) is 0 Å². The highest BCUT2D eigenvalue weighted by Gasteiger charge is 2.40. The number of hydrogen-bond donors (Lipinski definition) is 1. The number of rotatable bonds is 3. The second-order valence-electron chi connectivity index (χ2n) is 5.38. The molecule has 2 aromatic carbocycles. The summed E-state index contributed by atoms with van der Waals surface area (Å²) in [5, 5.41) is 9.95. The maximum atomic E-state index is 12.4. The quantitative estimate of drug-likeness (QED) is 0.886. The van der Waals surface area contributed by atoms with Gasteiger partial charge in [0.25, 0.3) is 0 Å². The van der Waals surface area contributed by atoms with Gasteiger partial charge in [-0.25, -0.2) is 4.79 Å². The Balaban J connectivity index is 1.88. The van der Waals surface area contributed by atoms with E-state index in [1.165, 1.54) is 0 Å². The number of nitrogens with zero attached hydrogens (tertiary/aromatic N) is 2. The zero-order chi connectivity index (χ0) is 16.4. The molecule has 0 aromatic heterocycles. The van der Waals surface area contributed by atoms with E-state index in [0.29, 0.717) is 5.56 Å². The molecular formula is C18H17N2O3+. The van der Waals surface area contributed by atoms with Crippen LogP contribution in [0.4, 0.5) is 5.69 Å². The van der Waals surface area contributed by atoms with Crippen LogP contribution in [0.3, 0.4) is 0 Å². The molecular weight excluding hydrogens is 292 g/mol. The van der Waals surface area contributed by atoms with Crippen LogP contribution in [0.2, 0.25) is 0 Å². The third-order valence-corrected chi connectivity index (χ3v) is 3.55. The van der Waals surface area contributed by atoms with Gasteiger partial charge in [0.2, 0.25) is 6.21 Å². The van der Waals surface area contributed by atoms with Crippen LogP contribution in [0, 0.1) is 0 Å². The molecule has 0 saturated carbocycles. The van der Waals surface area contributed by atoms with Crippen LogP contribution in [0.1, 0.15) is 11.1 Å². The minimum Gasteiger partial charge on any atom is -0.476 e. The molecule has 0 aliphatic carbocycles. The van der Waals surface area contributed by atoms with Crippen molar-refractivity contribution in [2.24, 2.45) is 0 Å². The highest BCUT2D eigenvalue weighted by molar-refractivity contribution is 6.17. The first-order valence-electron chi connectivity index (χ1n) is 7.18. The molecule has 1 N–H and O–H groups in total. The number of aliphatic hydroxyl groups excluding tert-OH is 1. The molecule has 5 nitrogen and oxygen atoms in total. The van der Waals surface area contributed by atoms with Gasteiger partial charge in [-0.2, -0.15) is 4.84 Å². The van der Waals surface area contributed by atoms with E-state index < -0.39 is 5.91 Å². The molecule has 0 spiro atoms. The summed E-state index contributed by atoms with van der Waals surface area (Å²) in [6.07, 6.45) is 1.55. The molecule has 1 aliphatic rings. The van der Waals surface area contributed by atoms with E-state index in [-0.39, 0.29) is 11.5 Å². The van der Waals surface area contributed by atoms with E-state index in [1.807, 2.05) is 49.3 Å². The topological polar surface area (TPSA) is 52.8 Å². The standard InChI is InChI=1S/C18H16N2O3/c1-19(2)15-10-8-13(9-11-15)12-20-17(21)16(18(22)23-20)14-6-4-3-5-7-14/h3-12H,1-2H3/p+1. The number of carbonyl (C=O) groups is 1. The summed E-state index contributed by atoms with van der Waals surface area (Å²) in [7, 11) is 3.92. The van der Waals surface area contributed by atoms with E-state index in [0.717, 1.165) is 16.0 Å². The molecule has 0 radical (unpaired) electrons. The van der Waals surface area contributed by atoms with Crippen LogP contribution in [-0.2, 0) is 9.63 Å². The third kappa shape index (κ3) is 2.94. The molecule has 23 heavy (non-hydrogen) atoms. The van der Waals surface area contributed by atoms with E-state index in [4.69, 9.17) is 4.84 Å². The van der Waals surface area contributed by atoms with Crippen molar-refractivity contribution < 1.29 is 19.5 Å². The van der Waals surface area contributed by atoms with Gasteiger partial charge in [-0.1, -0.05) is 30.3 Å². The lowest BCUT2D eigenvalue weighted by molar-refractivity contribution is -0.698. The fraction of sp³-hybridized carbons (Fsp3) is 0.111. The van der Waals surface area contributed by atoms with Crippen LogP contribution in [0.25, 0.3) is 5.57 Å². The number of hydroxylamine groups is 1. The first-order valence-corrected chi connectivity index (χ1v) is 7.18. The number of hydrogen-bond acceptors (Lipinski definition) is 4. The lowest BCUT2D eigenvalue weighted by atomic mass is 10.1. The van der Waals surface area contributed by atoms with E-state index in [9.17, 15) is 9.90 Å². The van der Waals surface area contributed by atoms with Gasteiger partial charge in [-0.3, -0.25) is 0 Å². The Labute approximate surface area is 134 Å². The van der Waals surface area contributed by atoms with E-state index in [1.54, 1.807) is 30.5 Å². The molecule has 5 heteroatoms. The molecule has 0 saturated heterocycles. The van der Waals surface area contributed by atoms with Gasteiger partial charge in [0.15, 0.2) is 5.57 Å². The van der Waals surface area contributed by atoms with Gasteiger partial charge in [-0.15, -0.1) is 0 Å². The summed E-state index contributed by atoms with van der Waals surface area (Å²) in [6.45, 7) is 0. The van der Waals surface area contributed by atoms with Gasteiger partial charge in [-0.05, 0) is 29.8 Å². The minimum absolute atomic E-state index is 0.159. The normalized spacial score (nSPS) is 15.9. The van der Waals surface area contributed by atoms with Crippen molar-refractivity contribution in [1.82, 2.24) is 0 Å². The highest BCUT2D eigenvalue weighted by atomic mass is 16.7. The van der Waals surface area contributed by atoms with Crippen molar-refractivity contribution in [3.63, 3.8) is 0 Å². The molecule has 1 heterocycles. The molecule has 0 atom stereocenters. The number of benzene rings is 2. The predicted molar refractivity (Wildman–Crippen MR) is 88.3 cm³/mol. The average Bonchev–Trinajstić information content (AvgIpc) is 2.82. The maximum Gasteiger partial charge on any atom is 0.474 e. The van der Waals surface area contributed by atoms with Crippen molar-refractivity contribution in [1.29, 1.82) is 0 Å².